The molecule has 4 aliphatic carbocycles. The Bertz CT molecular complexity index is 735. The largest absolute Gasteiger partial charge is 0.365 e. The molecular formula is C24H33NO2. The standard InChI is InChI=1S/C24H33NO2/c1-14(5-4-12-25)16-6-7-17-20-18(9-11-23(16,17)2)24(3)10-8-15(26)13-19(24)21-22(20)27-21/h13-14,16-18,20-22H,4-11H2,1-3H3/t14-,16?,17?,18?,20?,21-,22+,23-,24-/m1/s1. The number of rotatable bonds is 3. The van der Waals surface area contributed by atoms with E-state index in [1.165, 1.54) is 31.3 Å². The number of ketones is 1. The van der Waals surface area contributed by atoms with Gasteiger partial charge in [0.15, 0.2) is 5.78 Å². The van der Waals surface area contributed by atoms with Gasteiger partial charge in [0.2, 0.25) is 0 Å². The third-order valence-electron chi connectivity index (χ3n) is 9.70. The Kier molecular flexibility index (Phi) is 3.94. The van der Waals surface area contributed by atoms with Crippen molar-refractivity contribution in [1.82, 2.24) is 0 Å². The van der Waals surface area contributed by atoms with Crippen LogP contribution in [0.4, 0.5) is 0 Å². The molecule has 3 heteroatoms. The Morgan fingerprint density at radius 1 is 1.26 bits per heavy atom. The minimum absolute atomic E-state index is 0.183. The number of nitrogens with zero attached hydrogens (tertiary/aromatic N) is 1. The topological polar surface area (TPSA) is 53.4 Å². The van der Waals surface area contributed by atoms with Gasteiger partial charge < -0.3 is 4.74 Å². The lowest BCUT2D eigenvalue weighted by molar-refractivity contribution is -0.117. The van der Waals surface area contributed by atoms with Crippen LogP contribution in [0.2, 0.25) is 0 Å². The van der Waals surface area contributed by atoms with Gasteiger partial charge in [-0.05, 0) is 90.6 Å². The molecule has 4 unspecified atom stereocenters. The lowest BCUT2D eigenvalue weighted by Crippen LogP contribution is -2.53. The highest BCUT2D eigenvalue weighted by Crippen LogP contribution is 2.70. The van der Waals surface area contributed by atoms with Gasteiger partial charge in [0.1, 0.15) is 6.10 Å². The first kappa shape index (κ1) is 17.9. The van der Waals surface area contributed by atoms with Crippen molar-refractivity contribution >= 4 is 5.78 Å². The molecule has 5 rings (SSSR count). The van der Waals surface area contributed by atoms with Crippen molar-refractivity contribution in [2.45, 2.75) is 84.3 Å². The molecule has 5 aliphatic rings. The normalized spacial score (nSPS) is 51.2. The van der Waals surface area contributed by atoms with Crippen LogP contribution >= 0.6 is 0 Å². The maximum absolute atomic E-state index is 12.1. The van der Waals surface area contributed by atoms with Crippen LogP contribution in [-0.2, 0) is 9.53 Å². The summed E-state index contributed by atoms with van der Waals surface area (Å²) in [6.45, 7) is 7.38. The van der Waals surface area contributed by atoms with E-state index in [0.29, 0.717) is 41.5 Å². The van der Waals surface area contributed by atoms with Crippen LogP contribution in [-0.4, -0.2) is 18.0 Å². The van der Waals surface area contributed by atoms with Gasteiger partial charge in [-0.1, -0.05) is 20.8 Å². The van der Waals surface area contributed by atoms with Gasteiger partial charge in [0, 0.05) is 12.8 Å². The highest BCUT2D eigenvalue weighted by Gasteiger charge is 2.69. The molecule has 146 valence electrons. The van der Waals surface area contributed by atoms with E-state index >= 15 is 0 Å². The van der Waals surface area contributed by atoms with Crippen molar-refractivity contribution < 1.29 is 9.53 Å². The first-order valence-corrected chi connectivity index (χ1v) is 11.2. The second-order valence-electron chi connectivity index (χ2n) is 10.7. The number of fused-ring (bicyclic) bond motifs is 8. The summed E-state index contributed by atoms with van der Waals surface area (Å²) in [4.78, 5) is 12.1. The molecule has 3 saturated carbocycles. The van der Waals surface area contributed by atoms with Crippen LogP contribution in [0.25, 0.3) is 0 Å². The van der Waals surface area contributed by atoms with Crippen LogP contribution in [0.15, 0.2) is 11.6 Å². The SMILES string of the molecule is C[C@H](CCC#N)C1CCC2C3C(CC[C@@]21C)[C@@]1(C)CCC(=O)C=C1[C@H]1O[C@@H]31. The summed E-state index contributed by atoms with van der Waals surface area (Å²) in [7, 11) is 0. The second-order valence-corrected chi connectivity index (χ2v) is 10.7. The Labute approximate surface area is 163 Å². The molecule has 3 nitrogen and oxygen atoms in total. The van der Waals surface area contributed by atoms with E-state index in [-0.39, 0.29) is 11.5 Å². The molecular weight excluding hydrogens is 334 g/mol. The summed E-state index contributed by atoms with van der Waals surface area (Å²) >= 11 is 0. The summed E-state index contributed by atoms with van der Waals surface area (Å²) < 4.78 is 6.28. The minimum atomic E-state index is 0.183. The summed E-state index contributed by atoms with van der Waals surface area (Å²) in [5.74, 6) is 3.84. The van der Waals surface area contributed by atoms with E-state index in [2.05, 4.69) is 26.8 Å². The van der Waals surface area contributed by atoms with Crippen LogP contribution in [0.3, 0.4) is 0 Å². The van der Waals surface area contributed by atoms with Crippen molar-refractivity contribution in [3.8, 4) is 6.07 Å². The first-order chi connectivity index (χ1) is 12.9. The number of hydrogen-bond acceptors (Lipinski definition) is 3. The maximum Gasteiger partial charge on any atom is 0.155 e. The van der Waals surface area contributed by atoms with E-state index in [9.17, 15) is 4.79 Å². The molecule has 27 heavy (non-hydrogen) atoms. The molecule has 9 atom stereocenters. The number of carbonyl (C=O) groups excluding carboxylic acids is 1. The number of nitriles is 1. The highest BCUT2D eigenvalue weighted by molar-refractivity contribution is 5.92. The molecule has 0 amide bonds. The van der Waals surface area contributed by atoms with E-state index < -0.39 is 0 Å². The van der Waals surface area contributed by atoms with Gasteiger partial charge in [-0.2, -0.15) is 5.26 Å². The predicted octanol–water partition coefficient (Wildman–Crippen LogP) is 5.06. The Morgan fingerprint density at radius 2 is 2.07 bits per heavy atom. The fraction of sp³-hybridized carbons (Fsp3) is 0.833. The molecule has 0 aromatic carbocycles. The Balaban J connectivity index is 1.45. The Morgan fingerprint density at radius 3 is 2.85 bits per heavy atom. The molecule has 4 fully saturated rings. The molecule has 0 radical (unpaired) electrons. The first-order valence-electron chi connectivity index (χ1n) is 11.2. The zero-order valence-corrected chi connectivity index (χ0v) is 17.0. The highest BCUT2D eigenvalue weighted by atomic mass is 16.6. The van der Waals surface area contributed by atoms with Crippen molar-refractivity contribution in [2.24, 2.45) is 40.4 Å². The van der Waals surface area contributed by atoms with Gasteiger partial charge in [0.25, 0.3) is 0 Å². The van der Waals surface area contributed by atoms with E-state index in [0.717, 1.165) is 31.1 Å². The summed E-state index contributed by atoms with van der Waals surface area (Å²) in [5, 5.41) is 9.01. The van der Waals surface area contributed by atoms with Crippen molar-refractivity contribution in [3.05, 3.63) is 11.6 Å². The molecule has 1 heterocycles. The maximum atomic E-state index is 12.1. The van der Waals surface area contributed by atoms with Gasteiger partial charge >= 0.3 is 0 Å². The average Bonchev–Trinajstić information content (AvgIpc) is 3.35. The van der Waals surface area contributed by atoms with Gasteiger partial charge in [0.05, 0.1) is 12.2 Å². The van der Waals surface area contributed by atoms with Crippen LogP contribution < -0.4 is 0 Å². The van der Waals surface area contributed by atoms with E-state index in [4.69, 9.17) is 10.00 Å². The molecule has 0 aromatic heterocycles. The monoisotopic (exact) mass is 367 g/mol. The van der Waals surface area contributed by atoms with E-state index in [1.54, 1.807) is 0 Å². The average molecular weight is 368 g/mol. The summed E-state index contributed by atoms with van der Waals surface area (Å²) in [6, 6.07) is 2.35. The minimum Gasteiger partial charge on any atom is -0.365 e. The molecule has 0 bridgehead atoms. The van der Waals surface area contributed by atoms with Crippen molar-refractivity contribution in [1.29, 1.82) is 5.26 Å². The third-order valence-corrected chi connectivity index (χ3v) is 9.70. The molecule has 0 spiro atoms. The third kappa shape index (κ3) is 2.38. The molecule has 0 aromatic rings. The van der Waals surface area contributed by atoms with E-state index in [1.807, 2.05) is 6.08 Å². The van der Waals surface area contributed by atoms with Gasteiger partial charge in [-0.15, -0.1) is 0 Å². The van der Waals surface area contributed by atoms with Crippen molar-refractivity contribution in [2.75, 3.05) is 0 Å². The summed E-state index contributed by atoms with van der Waals surface area (Å²) in [5.41, 5.74) is 1.93. The molecule has 1 aliphatic heterocycles. The Hall–Kier alpha value is -1.14. The smallest absolute Gasteiger partial charge is 0.155 e. The second kappa shape index (κ2) is 5.93. The number of carbonyl (C=O) groups is 1. The molecule has 0 N–H and O–H groups in total. The van der Waals surface area contributed by atoms with Crippen molar-refractivity contribution in [3.63, 3.8) is 0 Å². The lowest BCUT2D eigenvalue weighted by atomic mass is 9.46. The zero-order chi connectivity index (χ0) is 19.0. The molecule has 1 saturated heterocycles. The zero-order valence-electron chi connectivity index (χ0n) is 17.0. The van der Waals surface area contributed by atoms with Gasteiger partial charge in [-0.25, -0.2) is 0 Å². The predicted molar refractivity (Wildman–Crippen MR) is 104 cm³/mol. The number of hydrogen-bond donors (Lipinski definition) is 0. The lowest BCUT2D eigenvalue weighted by Gasteiger charge is -2.57. The number of epoxide rings is 1. The summed E-state index contributed by atoms with van der Waals surface area (Å²) in [6.07, 6.45) is 11.3. The fourth-order valence-corrected chi connectivity index (χ4v) is 8.28. The van der Waals surface area contributed by atoms with Crippen LogP contribution in [0, 0.1) is 51.8 Å². The van der Waals surface area contributed by atoms with Crippen LogP contribution in [0.5, 0.6) is 0 Å². The number of ether oxygens (including phenoxy) is 1. The quantitative estimate of drug-likeness (QED) is 0.655. The fourth-order valence-electron chi connectivity index (χ4n) is 8.28. The van der Waals surface area contributed by atoms with Gasteiger partial charge in [-0.3, -0.25) is 4.79 Å². The van der Waals surface area contributed by atoms with Crippen LogP contribution in [0.1, 0.15) is 72.1 Å².